The smallest absolute Gasteiger partial charge is 0.238 e. The Kier molecular flexibility index (Phi) is 6.11. The number of amides is 1. The van der Waals surface area contributed by atoms with E-state index in [-0.39, 0.29) is 28.7 Å². The van der Waals surface area contributed by atoms with Crippen LogP contribution in [0.2, 0.25) is 0 Å². The van der Waals surface area contributed by atoms with Gasteiger partial charge in [-0.25, -0.2) is 0 Å². The van der Waals surface area contributed by atoms with E-state index in [2.05, 4.69) is 35.0 Å². The van der Waals surface area contributed by atoms with E-state index in [4.69, 9.17) is 0 Å². The summed E-state index contributed by atoms with van der Waals surface area (Å²) in [5.74, 6) is 0.909. The SMILES string of the molecule is C=CCn1c(SCC(=O)N2c3ccccc3S[C@H]3C=CC=C[C@@H]32)nnc1-c1ccccc1O. The van der Waals surface area contributed by atoms with Crippen molar-refractivity contribution < 1.29 is 9.90 Å². The third-order valence-electron chi connectivity index (χ3n) is 5.51. The molecule has 33 heavy (non-hydrogen) atoms. The topological polar surface area (TPSA) is 71.2 Å². The first-order valence-electron chi connectivity index (χ1n) is 10.6. The first-order chi connectivity index (χ1) is 16.2. The number of rotatable bonds is 6. The number of anilines is 1. The molecule has 2 atom stereocenters. The minimum absolute atomic E-state index is 0.0139. The van der Waals surface area contributed by atoms with Gasteiger partial charge in [0.15, 0.2) is 11.0 Å². The van der Waals surface area contributed by atoms with E-state index in [1.54, 1.807) is 36.0 Å². The molecule has 166 valence electrons. The highest BCUT2D eigenvalue weighted by atomic mass is 32.2. The van der Waals surface area contributed by atoms with Crippen molar-refractivity contribution in [3.05, 3.63) is 85.5 Å². The number of allylic oxidation sites excluding steroid dienone is 3. The lowest BCUT2D eigenvalue weighted by Crippen LogP contribution is -2.48. The third-order valence-corrected chi connectivity index (χ3v) is 7.77. The van der Waals surface area contributed by atoms with Gasteiger partial charge < -0.3 is 10.0 Å². The Bertz CT molecular complexity index is 1270. The van der Waals surface area contributed by atoms with E-state index in [0.717, 1.165) is 10.6 Å². The summed E-state index contributed by atoms with van der Waals surface area (Å²) in [6.07, 6.45) is 10.0. The molecule has 1 aliphatic carbocycles. The summed E-state index contributed by atoms with van der Waals surface area (Å²) in [7, 11) is 0. The largest absolute Gasteiger partial charge is 0.507 e. The van der Waals surface area contributed by atoms with Crippen LogP contribution in [0.5, 0.6) is 5.75 Å². The Balaban J connectivity index is 1.41. The molecular formula is C25H22N4O2S2. The zero-order valence-electron chi connectivity index (χ0n) is 17.7. The van der Waals surface area contributed by atoms with Gasteiger partial charge in [0, 0.05) is 11.4 Å². The summed E-state index contributed by atoms with van der Waals surface area (Å²) in [6, 6.07) is 15.0. The van der Waals surface area contributed by atoms with Gasteiger partial charge in [-0.15, -0.1) is 28.5 Å². The highest BCUT2D eigenvalue weighted by Crippen LogP contribution is 2.43. The third kappa shape index (κ3) is 4.12. The average molecular weight is 475 g/mol. The summed E-state index contributed by atoms with van der Waals surface area (Å²) in [5.41, 5.74) is 1.53. The van der Waals surface area contributed by atoms with Crippen molar-refractivity contribution in [1.29, 1.82) is 0 Å². The highest BCUT2D eigenvalue weighted by molar-refractivity contribution is 8.00. The van der Waals surface area contributed by atoms with E-state index < -0.39 is 0 Å². The fourth-order valence-corrected chi connectivity index (χ4v) is 6.09. The first kappa shape index (κ1) is 21.6. The molecule has 2 aliphatic rings. The average Bonchev–Trinajstić information content (AvgIpc) is 3.23. The predicted molar refractivity (Wildman–Crippen MR) is 134 cm³/mol. The molecule has 1 aliphatic heterocycles. The van der Waals surface area contributed by atoms with Gasteiger partial charge in [-0.2, -0.15) is 0 Å². The summed E-state index contributed by atoms with van der Waals surface area (Å²) in [5, 5.41) is 19.7. The van der Waals surface area contributed by atoms with Crippen LogP contribution in [-0.4, -0.2) is 42.8 Å². The molecule has 1 N–H and O–H groups in total. The molecule has 0 spiro atoms. The molecular weight excluding hydrogens is 452 g/mol. The van der Waals surface area contributed by atoms with E-state index in [1.807, 2.05) is 45.9 Å². The minimum atomic E-state index is -0.0223. The molecule has 0 bridgehead atoms. The highest BCUT2D eigenvalue weighted by Gasteiger charge is 2.36. The van der Waals surface area contributed by atoms with Crippen molar-refractivity contribution >= 4 is 35.1 Å². The van der Waals surface area contributed by atoms with Crippen LogP contribution < -0.4 is 4.90 Å². The van der Waals surface area contributed by atoms with E-state index in [9.17, 15) is 9.90 Å². The van der Waals surface area contributed by atoms with Gasteiger partial charge in [-0.05, 0) is 24.3 Å². The number of hydrogen-bond donors (Lipinski definition) is 1. The molecule has 0 saturated heterocycles. The van der Waals surface area contributed by atoms with Gasteiger partial charge in [-0.1, -0.05) is 66.4 Å². The van der Waals surface area contributed by atoms with Crippen LogP contribution in [0, 0.1) is 0 Å². The van der Waals surface area contributed by atoms with E-state index >= 15 is 0 Å². The lowest BCUT2D eigenvalue weighted by atomic mass is 10.0. The summed E-state index contributed by atoms with van der Waals surface area (Å²) in [6.45, 7) is 4.30. The maximum Gasteiger partial charge on any atom is 0.238 e. The maximum atomic E-state index is 13.5. The maximum absolute atomic E-state index is 13.5. The standard InChI is InChI=1S/C25H22N4O2S2/c1-2-15-28-24(17-9-3-6-12-20(17)30)26-27-25(28)32-16-23(31)29-18-10-4-7-13-21(18)33-22-14-8-5-11-19(22)29/h2-14,18,21,30H,1,15-16H2/t18-,21-/m0/s1. The van der Waals surface area contributed by atoms with Crippen LogP contribution in [0.1, 0.15) is 0 Å². The van der Waals surface area contributed by atoms with Crippen molar-refractivity contribution in [3.8, 4) is 17.1 Å². The fraction of sp³-hybridized carbons (Fsp3) is 0.160. The number of phenolic OH excluding ortho intramolecular Hbond substituents is 1. The first-order valence-corrected chi connectivity index (χ1v) is 12.4. The van der Waals surface area contributed by atoms with Crippen LogP contribution in [0.25, 0.3) is 11.4 Å². The van der Waals surface area contributed by atoms with Gasteiger partial charge in [-0.3, -0.25) is 9.36 Å². The second-order valence-electron chi connectivity index (χ2n) is 7.59. The number of carbonyl (C=O) groups is 1. The lowest BCUT2D eigenvalue weighted by molar-refractivity contribution is -0.116. The van der Waals surface area contributed by atoms with Crippen LogP contribution in [0.4, 0.5) is 5.69 Å². The molecule has 2 aromatic carbocycles. The number of thioether (sulfide) groups is 2. The molecule has 0 fully saturated rings. The Morgan fingerprint density at radius 3 is 2.76 bits per heavy atom. The number of benzene rings is 2. The van der Waals surface area contributed by atoms with Crippen LogP contribution in [-0.2, 0) is 11.3 Å². The molecule has 0 radical (unpaired) electrons. The monoisotopic (exact) mass is 474 g/mol. The minimum Gasteiger partial charge on any atom is -0.507 e. The van der Waals surface area contributed by atoms with Gasteiger partial charge in [0.05, 0.1) is 28.3 Å². The van der Waals surface area contributed by atoms with Gasteiger partial charge in [0.2, 0.25) is 5.91 Å². The van der Waals surface area contributed by atoms with Crippen molar-refractivity contribution in [1.82, 2.24) is 14.8 Å². The molecule has 5 rings (SSSR count). The van der Waals surface area contributed by atoms with Crippen molar-refractivity contribution in [2.75, 3.05) is 10.7 Å². The molecule has 1 amide bonds. The molecule has 1 aromatic heterocycles. The number of para-hydroxylation sites is 2. The van der Waals surface area contributed by atoms with Crippen molar-refractivity contribution in [3.63, 3.8) is 0 Å². The Labute approximate surface area is 200 Å². The number of aromatic hydroxyl groups is 1. The number of aromatic nitrogens is 3. The number of hydrogen-bond acceptors (Lipinski definition) is 6. The quantitative estimate of drug-likeness (QED) is 0.403. The van der Waals surface area contributed by atoms with Gasteiger partial charge >= 0.3 is 0 Å². The summed E-state index contributed by atoms with van der Waals surface area (Å²) >= 11 is 3.13. The second kappa shape index (κ2) is 9.33. The molecule has 0 unspecified atom stereocenters. The van der Waals surface area contributed by atoms with Gasteiger partial charge in [0.25, 0.3) is 0 Å². The van der Waals surface area contributed by atoms with Crippen LogP contribution >= 0.6 is 23.5 Å². The van der Waals surface area contributed by atoms with Crippen molar-refractivity contribution in [2.24, 2.45) is 0 Å². The Morgan fingerprint density at radius 2 is 1.91 bits per heavy atom. The fourth-order valence-electron chi connectivity index (χ4n) is 4.03. The number of phenols is 1. The predicted octanol–water partition coefficient (Wildman–Crippen LogP) is 4.93. The Hall–Kier alpha value is -3.23. The number of carbonyl (C=O) groups excluding carboxylic acids is 1. The summed E-state index contributed by atoms with van der Waals surface area (Å²) < 4.78 is 1.87. The van der Waals surface area contributed by atoms with E-state index in [0.29, 0.717) is 23.1 Å². The van der Waals surface area contributed by atoms with E-state index in [1.165, 1.54) is 11.8 Å². The molecule has 2 heterocycles. The molecule has 0 saturated carbocycles. The van der Waals surface area contributed by atoms with Crippen LogP contribution in [0.3, 0.4) is 0 Å². The number of fused-ring (bicyclic) bond motifs is 2. The second-order valence-corrected chi connectivity index (χ2v) is 9.75. The van der Waals surface area contributed by atoms with Gasteiger partial charge in [0.1, 0.15) is 5.75 Å². The normalized spacial score (nSPS) is 18.6. The summed E-state index contributed by atoms with van der Waals surface area (Å²) in [4.78, 5) is 16.5. The van der Waals surface area contributed by atoms with Crippen molar-refractivity contribution in [2.45, 2.75) is 27.9 Å². The molecule has 6 nitrogen and oxygen atoms in total. The molecule has 3 aromatic rings. The lowest BCUT2D eigenvalue weighted by Gasteiger charge is -2.40. The van der Waals surface area contributed by atoms with Crippen LogP contribution in [0.15, 0.2) is 95.5 Å². The zero-order chi connectivity index (χ0) is 22.8. The molecule has 8 heteroatoms. The number of nitrogens with zero attached hydrogens (tertiary/aromatic N) is 4. The Morgan fingerprint density at radius 1 is 1.12 bits per heavy atom. The zero-order valence-corrected chi connectivity index (χ0v) is 19.4.